The molecule has 1 aliphatic rings. The van der Waals surface area contributed by atoms with Gasteiger partial charge in [0, 0.05) is 41.7 Å². The van der Waals surface area contributed by atoms with Crippen molar-refractivity contribution in [1.82, 2.24) is 0 Å². The first kappa shape index (κ1) is 22.6. The molecule has 1 atom stereocenters. The topological polar surface area (TPSA) is 122 Å². The van der Waals surface area contributed by atoms with Crippen molar-refractivity contribution >= 4 is 40.5 Å². The van der Waals surface area contributed by atoms with E-state index in [1.807, 2.05) is 30.3 Å². The predicted molar refractivity (Wildman–Crippen MR) is 123 cm³/mol. The van der Waals surface area contributed by atoms with Crippen LogP contribution in [0, 0.1) is 21.8 Å². The highest BCUT2D eigenvalue weighted by molar-refractivity contribution is 6.05. The number of hydrogen-bond acceptors (Lipinski definition) is 5. The summed E-state index contributed by atoms with van der Waals surface area (Å²) in [5.74, 6) is -2.50. The number of halogens is 1. The van der Waals surface area contributed by atoms with Crippen LogP contribution in [0.25, 0.3) is 0 Å². The molecule has 1 saturated heterocycles. The van der Waals surface area contributed by atoms with Crippen molar-refractivity contribution in [3.8, 4) is 0 Å². The molecule has 1 heterocycles. The summed E-state index contributed by atoms with van der Waals surface area (Å²) in [5.41, 5.74) is 0.752. The highest BCUT2D eigenvalue weighted by Crippen LogP contribution is 2.26. The number of nitrogens with one attached hydrogen (secondary N) is 2. The van der Waals surface area contributed by atoms with Crippen LogP contribution in [0.4, 0.5) is 27.1 Å². The number of carbonyl (C=O) groups excluding carboxylic acids is 3. The lowest BCUT2D eigenvalue weighted by Crippen LogP contribution is -2.28. The molecule has 4 rings (SSSR count). The van der Waals surface area contributed by atoms with Crippen LogP contribution in [0.5, 0.6) is 0 Å². The molecule has 34 heavy (non-hydrogen) atoms. The van der Waals surface area contributed by atoms with Gasteiger partial charge in [-0.3, -0.25) is 24.5 Å². The second-order valence-corrected chi connectivity index (χ2v) is 7.68. The van der Waals surface area contributed by atoms with Gasteiger partial charge in [0.2, 0.25) is 17.6 Å². The molecule has 3 aromatic rings. The lowest BCUT2D eigenvalue weighted by atomic mass is 10.1. The third kappa shape index (κ3) is 4.90. The Bertz CT molecular complexity index is 1260. The van der Waals surface area contributed by atoms with Gasteiger partial charge in [0.15, 0.2) is 0 Å². The van der Waals surface area contributed by atoms with Crippen molar-refractivity contribution in [2.24, 2.45) is 5.92 Å². The Morgan fingerprint density at radius 3 is 2.32 bits per heavy atom. The van der Waals surface area contributed by atoms with Gasteiger partial charge < -0.3 is 15.5 Å². The highest BCUT2D eigenvalue weighted by Gasteiger charge is 2.35. The summed E-state index contributed by atoms with van der Waals surface area (Å²) in [7, 11) is 0. The van der Waals surface area contributed by atoms with E-state index in [-0.39, 0.29) is 36.0 Å². The first-order valence-corrected chi connectivity index (χ1v) is 10.3. The molecule has 0 aromatic heterocycles. The van der Waals surface area contributed by atoms with E-state index >= 15 is 0 Å². The van der Waals surface area contributed by atoms with Crippen molar-refractivity contribution in [1.29, 1.82) is 0 Å². The fraction of sp³-hybridized carbons (Fsp3) is 0.125. The summed E-state index contributed by atoms with van der Waals surface area (Å²) in [6, 6.07) is 18.2. The van der Waals surface area contributed by atoms with Crippen molar-refractivity contribution in [3.05, 3.63) is 94.3 Å². The summed E-state index contributed by atoms with van der Waals surface area (Å²) in [6.45, 7) is 0.277. The number of carbonyl (C=O) groups is 3. The minimum atomic E-state index is -1.00. The molecule has 1 fully saturated rings. The maximum atomic E-state index is 13.5. The predicted octanol–water partition coefficient (Wildman–Crippen LogP) is 3.98. The second-order valence-electron chi connectivity index (χ2n) is 7.68. The zero-order valence-corrected chi connectivity index (χ0v) is 17.7. The normalized spacial score (nSPS) is 15.1. The van der Waals surface area contributed by atoms with Crippen LogP contribution in [-0.4, -0.2) is 29.2 Å². The van der Waals surface area contributed by atoms with E-state index in [9.17, 15) is 28.9 Å². The second kappa shape index (κ2) is 9.49. The van der Waals surface area contributed by atoms with Gasteiger partial charge in [0.25, 0.3) is 5.91 Å². The molecule has 3 amide bonds. The summed E-state index contributed by atoms with van der Waals surface area (Å²) in [4.78, 5) is 49.0. The van der Waals surface area contributed by atoms with E-state index in [1.165, 1.54) is 30.3 Å². The zero-order chi connectivity index (χ0) is 24.2. The largest absolute Gasteiger partial charge is 0.326 e. The van der Waals surface area contributed by atoms with Gasteiger partial charge >= 0.3 is 5.69 Å². The van der Waals surface area contributed by atoms with Crippen LogP contribution in [0.3, 0.4) is 0 Å². The standard InChI is InChI=1S/C24H19FN4O5/c25-20-11-10-18(13-21(20)29(33)34)27-23(31)15-6-8-17(9-7-15)26-24(32)16-12-22(30)28(14-16)19-4-2-1-3-5-19/h1-11,13,16H,12,14H2,(H,26,32)(H,27,31). The first-order valence-electron chi connectivity index (χ1n) is 10.3. The number of nitrogens with zero attached hydrogens (tertiary/aromatic N) is 2. The Balaban J connectivity index is 1.37. The van der Waals surface area contributed by atoms with Crippen LogP contribution < -0.4 is 15.5 Å². The Morgan fingerprint density at radius 2 is 1.65 bits per heavy atom. The van der Waals surface area contributed by atoms with Gasteiger partial charge in [-0.2, -0.15) is 4.39 Å². The summed E-state index contributed by atoms with van der Waals surface area (Å²) in [5, 5.41) is 16.1. The quantitative estimate of drug-likeness (QED) is 0.424. The number of amides is 3. The first-order chi connectivity index (χ1) is 16.3. The zero-order valence-electron chi connectivity index (χ0n) is 17.7. The van der Waals surface area contributed by atoms with Crippen LogP contribution in [-0.2, 0) is 9.59 Å². The highest BCUT2D eigenvalue weighted by atomic mass is 19.1. The van der Waals surface area contributed by atoms with Crippen LogP contribution in [0.2, 0.25) is 0 Å². The molecule has 10 heteroatoms. The molecule has 1 aliphatic heterocycles. The van der Waals surface area contributed by atoms with Gasteiger partial charge in [0.05, 0.1) is 10.8 Å². The number of anilines is 3. The number of benzene rings is 3. The molecule has 0 spiro atoms. The van der Waals surface area contributed by atoms with Crippen molar-refractivity contribution in [3.63, 3.8) is 0 Å². The van der Waals surface area contributed by atoms with E-state index in [4.69, 9.17) is 0 Å². The van der Waals surface area contributed by atoms with E-state index in [0.29, 0.717) is 5.69 Å². The molecule has 0 radical (unpaired) electrons. The number of nitro groups is 1. The summed E-state index contributed by atoms with van der Waals surface area (Å²) >= 11 is 0. The lowest BCUT2D eigenvalue weighted by Gasteiger charge is -2.16. The fourth-order valence-corrected chi connectivity index (χ4v) is 3.62. The van der Waals surface area contributed by atoms with Crippen molar-refractivity contribution in [2.75, 3.05) is 22.1 Å². The summed E-state index contributed by atoms with van der Waals surface area (Å²) < 4.78 is 13.5. The molecular formula is C24H19FN4O5. The monoisotopic (exact) mass is 462 g/mol. The third-order valence-electron chi connectivity index (χ3n) is 5.38. The van der Waals surface area contributed by atoms with Gasteiger partial charge in [0.1, 0.15) is 0 Å². The van der Waals surface area contributed by atoms with E-state index in [0.717, 1.165) is 17.8 Å². The number of rotatable bonds is 6. The summed E-state index contributed by atoms with van der Waals surface area (Å²) in [6.07, 6.45) is 0.102. The minimum Gasteiger partial charge on any atom is -0.326 e. The van der Waals surface area contributed by atoms with Gasteiger partial charge in [-0.25, -0.2) is 0 Å². The molecule has 1 unspecified atom stereocenters. The molecule has 3 aromatic carbocycles. The Morgan fingerprint density at radius 1 is 0.971 bits per heavy atom. The SMILES string of the molecule is O=C(Nc1ccc(F)c([N+](=O)[O-])c1)c1ccc(NC(=O)C2CC(=O)N(c3ccccc3)C2)cc1. The fourth-order valence-electron chi connectivity index (χ4n) is 3.62. The van der Waals surface area contributed by atoms with Gasteiger partial charge in [-0.05, 0) is 48.5 Å². The number of nitro benzene ring substituents is 1. The molecule has 0 aliphatic carbocycles. The molecular weight excluding hydrogens is 443 g/mol. The number of para-hydroxylation sites is 1. The third-order valence-corrected chi connectivity index (χ3v) is 5.38. The molecule has 0 bridgehead atoms. The van der Waals surface area contributed by atoms with E-state index < -0.39 is 28.3 Å². The van der Waals surface area contributed by atoms with Crippen molar-refractivity contribution in [2.45, 2.75) is 6.42 Å². The Hall–Kier alpha value is -4.60. The Kier molecular flexibility index (Phi) is 6.30. The van der Waals surface area contributed by atoms with Crippen LogP contribution in [0.1, 0.15) is 16.8 Å². The molecule has 9 nitrogen and oxygen atoms in total. The smallest absolute Gasteiger partial charge is 0.306 e. The van der Waals surface area contributed by atoms with Crippen molar-refractivity contribution < 1.29 is 23.7 Å². The number of hydrogen-bond donors (Lipinski definition) is 2. The van der Waals surface area contributed by atoms with Gasteiger partial charge in [-0.15, -0.1) is 0 Å². The lowest BCUT2D eigenvalue weighted by molar-refractivity contribution is -0.387. The van der Waals surface area contributed by atoms with E-state index in [1.54, 1.807) is 4.90 Å². The molecule has 172 valence electrons. The average molecular weight is 462 g/mol. The molecule has 0 saturated carbocycles. The minimum absolute atomic E-state index is 0.0735. The van der Waals surface area contributed by atoms with Crippen LogP contribution >= 0.6 is 0 Å². The van der Waals surface area contributed by atoms with Crippen LogP contribution in [0.15, 0.2) is 72.8 Å². The molecule has 2 N–H and O–H groups in total. The van der Waals surface area contributed by atoms with Gasteiger partial charge in [-0.1, -0.05) is 18.2 Å². The van der Waals surface area contributed by atoms with E-state index in [2.05, 4.69) is 10.6 Å². The maximum absolute atomic E-state index is 13.5. The average Bonchev–Trinajstić information content (AvgIpc) is 3.23. The maximum Gasteiger partial charge on any atom is 0.306 e. The Labute approximate surface area is 193 Å².